The second kappa shape index (κ2) is 10.7. The number of rotatable bonds is 9. The van der Waals surface area contributed by atoms with Crippen LogP contribution in [0.5, 0.6) is 0 Å². The predicted molar refractivity (Wildman–Crippen MR) is 118 cm³/mol. The third-order valence-corrected chi connectivity index (χ3v) is 5.42. The van der Waals surface area contributed by atoms with Gasteiger partial charge in [-0.3, -0.25) is 4.90 Å². The Morgan fingerprint density at radius 3 is 2.47 bits per heavy atom. The molecule has 0 aliphatic carbocycles. The number of aliphatic imine (C=N–C) groups is 1. The number of guanidine groups is 1. The first-order valence-corrected chi connectivity index (χ1v) is 10.7. The zero-order valence-corrected chi connectivity index (χ0v) is 17.3. The van der Waals surface area contributed by atoms with Crippen LogP contribution in [0.25, 0.3) is 0 Å². The van der Waals surface area contributed by atoms with E-state index in [1.807, 2.05) is 36.4 Å². The standard InChI is InChI=1S/C24H30N4O2/c1-2-8-20(9-3-1)18-26-24(25-13-12-21-10-6-16-29-21)27-19-22(23-11-7-17-30-23)28-14-4-5-15-28/h1-3,6-11,16-17,22H,4-5,12-15,18-19H2,(H2,25,26,27). The van der Waals surface area contributed by atoms with E-state index in [9.17, 15) is 0 Å². The van der Waals surface area contributed by atoms with Crippen LogP contribution in [0.15, 0.2) is 81.0 Å². The maximum atomic E-state index is 5.75. The first-order chi connectivity index (χ1) is 14.9. The molecule has 6 nitrogen and oxygen atoms in total. The third kappa shape index (κ3) is 5.76. The quantitative estimate of drug-likeness (QED) is 0.416. The summed E-state index contributed by atoms with van der Waals surface area (Å²) in [5.74, 6) is 2.78. The SMILES string of the molecule is c1ccc(CN=C(NCCc2ccco2)NCC(c2ccco2)N2CCCC2)cc1. The van der Waals surface area contributed by atoms with Gasteiger partial charge in [-0.2, -0.15) is 0 Å². The highest BCUT2D eigenvalue weighted by Crippen LogP contribution is 2.24. The minimum absolute atomic E-state index is 0.205. The Balaban J connectivity index is 1.40. The normalized spacial score (nSPS) is 15.9. The van der Waals surface area contributed by atoms with Crippen molar-refractivity contribution >= 4 is 5.96 Å². The molecular formula is C24H30N4O2. The Labute approximate surface area is 178 Å². The molecule has 158 valence electrons. The van der Waals surface area contributed by atoms with Crippen molar-refractivity contribution in [2.24, 2.45) is 4.99 Å². The molecular weight excluding hydrogens is 376 g/mol. The van der Waals surface area contributed by atoms with Crippen LogP contribution >= 0.6 is 0 Å². The van der Waals surface area contributed by atoms with Gasteiger partial charge >= 0.3 is 0 Å². The minimum atomic E-state index is 0.205. The summed E-state index contributed by atoms with van der Waals surface area (Å²) < 4.78 is 11.2. The summed E-state index contributed by atoms with van der Waals surface area (Å²) in [6, 6.07) is 18.5. The van der Waals surface area contributed by atoms with Gasteiger partial charge in [0.1, 0.15) is 11.5 Å². The number of nitrogens with one attached hydrogen (secondary N) is 2. The average molecular weight is 407 g/mol. The highest BCUT2D eigenvalue weighted by Gasteiger charge is 2.25. The summed E-state index contributed by atoms with van der Waals surface area (Å²) >= 11 is 0. The molecule has 6 heteroatoms. The van der Waals surface area contributed by atoms with Crippen molar-refractivity contribution in [3.05, 3.63) is 84.2 Å². The van der Waals surface area contributed by atoms with Crippen molar-refractivity contribution in [3.63, 3.8) is 0 Å². The van der Waals surface area contributed by atoms with Crippen LogP contribution in [0.4, 0.5) is 0 Å². The molecule has 30 heavy (non-hydrogen) atoms. The molecule has 3 aromatic rings. The van der Waals surface area contributed by atoms with Crippen LogP contribution in [0.3, 0.4) is 0 Å². The van der Waals surface area contributed by atoms with E-state index in [1.165, 1.54) is 18.4 Å². The number of hydrogen-bond acceptors (Lipinski definition) is 4. The Hall–Kier alpha value is -2.99. The van der Waals surface area contributed by atoms with E-state index in [-0.39, 0.29) is 6.04 Å². The van der Waals surface area contributed by atoms with E-state index < -0.39 is 0 Å². The summed E-state index contributed by atoms with van der Waals surface area (Å²) in [5, 5.41) is 6.99. The van der Waals surface area contributed by atoms with Crippen LogP contribution < -0.4 is 10.6 Å². The number of likely N-dealkylation sites (tertiary alicyclic amines) is 1. The Morgan fingerprint density at radius 2 is 1.73 bits per heavy atom. The van der Waals surface area contributed by atoms with Crippen LogP contribution in [-0.2, 0) is 13.0 Å². The molecule has 0 bridgehead atoms. The topological polar surface area (TPSA) is 65.9 Å². The fourth-order valence-electron chi connectivity index (χ4n) is 3.82. The molecule has 1 saturated heterocycles. The van der Waals surface area contributed by atoms with Gasteiger partial charge in [0, 0.05) is 19.5 Å². The second-order valence-electron chi connectivity index (χ2n) is 7.56. The first kappa shape index (κ1) is 20.3. The molecule has 1 atom stereocenters. The highest BCUT2D eigenvalue weighted by atomic mass is 16.3. The maximum Gasteiger partial charge on any atom is 0.191 e. The molecule has 1 fully saturated rings. The molecule has 4 rings (SSSR count). The van der Waals surface area contributed by atoms with Gasteiger partial charge in [0.2, 0.25) is 0 Å². The van der Waals surface area contributed by atoms with Gasteiger partial charge in [-0.05, 0) is 55.8 Å². The zero-order valence-electron chi connectivity index (χ0n) is 17.3. The van der Waals surface area contributed by atoms with Crippen LogP contribution in [0.2, 0.25) is 0 Å². The van der Waals surface area contributed by atoms with Gasteiger partial charge in [0.05, 0.1) is 25.1 Å². The van der Waals surface area contributed by atoms with E-state index in [0.29, 0.717) is 6.54 Å². The van der Waals surface area contributed by atoms with Crippen molar-refractivity contribution in [1.29, 1.82) is 0 Å². The summed E-state index contributed by atoms with van der Waals surface area (Å²) in [6.45, 7) is 4.34. The number of furan rings is 2. The van der Waals surface area contributed by atoms with Crippen LogP contribution in [0.1, 0.15) is 36.0 Å². The predicted octanol–water partition coefficient (Wildman–Crippen LogP) is 3.99. The summed E-state index contributed by atoms with van der Waals surface area (Å²) in [7, 11) is 0. The number of hydrogen-bond donors (Lipinski definition) is 2. The average Bonchev–Trinajstić information content (AvgIpc) is 3.56. The molecule has 2 aromatic heterocycles. The van der Waals surface area contributed by atoms with E-state index in [4.69, 9.17) is 13.8 Å². The Morgan fingerprint density at radius 1 is 0.933 bits per heavy atom. The molecule has 1 aliphatic heterocycles. The fourth-order valence-corrected chi connectivity index (χ4v) is 3.82. The molecule has 1 unspecified atom stereocenters. The second-order valence-corrected chi connectivity index (χ2v) is 7.56. The van der Waals surface area contributed by atoms with Gasteiger partial charge in [-0.25, -0.2) is 4.99 Å². The van der Waals surface area contributed by atoms with Gasteiger partial charge in [0.15, 0.2) is 5.96 Å². The minimum Gasteiger partial charge on any atom is -0.469 e. The Bertz CT molecular complexity index is 869. The van der Waals surface area contributed by atoms with Crippen LogP contribution in [0, 0.1) is 0 Å². The molecule has 0 amide bonds. The monoisotopic (exact) mass is 406 g/mol. The number of benzene rings is 1. The number of nitrogens with zero attached hydrogens (tertiary/aromatic N) is 2. The van der Waals surface area contributed by atoms with Crippen molar-refractivity contribution < 1.29 is 8.83 Å². The third-order valence-electron chi connectivity index (χ3n) is 5.42. The van der Waals surface area contributed by atoms with Gasteiger partial charge < -0.3 is 19.5 Å². The largest absolute Gasteiger partial charge is 0.469 e. The lowest BCUT2D eigenvalue weighted by Gasteiger charge is -2.26. The van der Waals surface area contributed by atoms with Gasteiger partial charge in [-0.1, -0.05) is 30.3 Å². The maximum absolute atomic E-state index is 5.75. The van der Waals surface area contributed by atoms with E-state index >= 15 is 0 Å². The smallest absolute Gasteiger partial charge is 0.191 e. The lowest BCUT2D eigenvalue weighted by Crippen LogP contribution is -2.43. The fraction of sp³-hybridized carbons (Fsp3) is 0.375. The van der Waals surface area contributed by atoms with Crippen molar-refractivity contribution in [1.82, 2.24) is 15.5 Å². The van der Waals surface area contributed by atoms with Crippen molar-refractivity contribution in [2.45, 2.75) is 31.8 Å². The molecule has 0 spiro atoms. The highest BCUT2D eigenvalue weighted by molar-refractivity contribution is 5.79. The zero-order chi connectivity index (χ0) is 20.4. The molecule has 0 saturated carbocycles. The lowest BCUT2D eigenvalue weighted by atomic mass is 10.2. The first-order valence-electron chi connectivity index (χ1n) is 10.7. The van der Waals surface area contributed by atoms with Crippen LogP contribution in [-0.4, -0.2) is 37.0 Å². The van der Waals surface area contributed by atoms with E-state index in [2.05, 4.69) is 33.7 Å². The molecule has 1 aromatic carbocycles. The Kier molecular flexibility index (Phi) is 7.23. The van der Waals surface area contributed by atoms with Crippen molar-refractivity contribution in [3.8, 4) is 0 Å². The lowest BCUT2D eigenvalue weighted by molar-refractivity contribution is 0.215. The molecule has 3 heterocycles. The summed E-state index contributed by atoms with van der Waals surface area (Å²) in [5.41, 5.74) is 1.19. The van der Waals surface area contributed by atoms with Gasteiger partial charge in [0.25, 0.3) is 0 Å². The molecule has 0 radical (unpaired) electrons. The van der Waals surface area contributed by atoms with E-state index in [1.54, 1.807) is 12.5 Å². The summed E-state index contributed by atoms with van der Waals surface area (Å²) in [4.78, 5) is 7.30. The summed E-state index contributed by atoms with van der Waals surface area (Å²) in [6.07, 6.45) is 6.76. The van der Waals surface area contributed by atoms with Crippen molar-refractivity contribution in [2.75, 3.05) is 26.2 Å². The van der Waals surface area contributed by atoms with Gasteiger partial charge in [-0.15, -0.1) is 0 Å². The molecule has 2 N–H and O–H groups in total. The van der Waals surface area contributed by atoms with E-state index in [0.717, 1.165) is 50.1 Å². The molecule has 1 aliphatic rings.